The molecule has 4 nitrogen and oxygen atoms in total. The second-order valence-electron chi connectivity index (χ2n) is 9.62. The summed E-state index contributed by atoms with van der Waals surface area (Å²) in [5.74, 6) is 0.414. The van der Waals surface area contributed by atoms with Crippen LogP contribution in [0.3, 0.4) is 0 Å². The molecule has 1 aliphatic heterocycles. The lowest BCUT2D eigenvalue weighted by molar-refractivity contribution is 0.0763. The van der Waals surface area contributed by atoms with Gasteiger partial charge in [-0.2, -0.15) is 0 Å². The first-order valence-corrected chi connectivity index (χ1v) is 11.6. The number of hydrogen-bond donors (Lipinski definition) is 3. The van der Waals surface area contributed by atoms with Gasteiger partial charge in [0.25, 0.3) is 0 Å². The zero-order valence-electron chi connectivity index (χ0n) is 18.4. The molecule has 5 rings (SSSR count). The van der Waals surface area contributed by atoms with Crippen molar-refractivity contribution >= 4 is 11.6 Å². The highest BCUT2D eigenvalue weighted by molar-refractivity contribution is 5.76. The lowest BCUT2D eigenvalue weighted by Crippen LogP contribution is -2.27. The summed E-state index contributed by atoms with van der Waals surface area (Å²) in [7, 11) is 0. The first-order chi connectivity index (χ1) is 15.0. The Balaban J connectivity index is 1.45. The molecule has 0 saturated heterocycles. The van der Waals surface area contributed by atoms with Gasteiger partial charge in [0.2, 0.25) is 0 Å². The van der Waals surface area contributed by atoms with Gasteiger partial charge in [0, 0.05) is 18.7 Å². The van der Waals surface area contributed by atoms with Crippen molar-refractivity contribution in [1.29, 1.82) is 0 Å². The van der Waals surface area contributed by atoms with E-state index in [0.717, 1.165) is 44.3 Å². The molecule has 5 heteroatoms. The van der Waals surface area contributed by atoms with Crippen molar-refractivity contribution in [2.75, 3.05) is 12.3 Å². The highest BCUT2D eigenvalue weighted by Gasteiger charge is 2.46. The summed E-state index contributed by atoms with van der Waals surface area (Å²) in [6.45, 7) is 6.31. The van der Waals surface area contributed by atoms with E-state index in [9.17, 15) is 9.50 Å². The molecule has 1 fully saturated rings. The van der Waals surface area contributed by atoms with Crippen LogP contribution in [0, 0.1) is 24.7 Å². The third-order valence-corrected chi connectivity index (χ3v) is 7.86. The summed E-state index contributed by atoms with van der Waals surface area (Å²) in [6, 6.07) is 6.52. The molecule has 5 atom stereocenters. The maximum atomic E-state index is 14.7. The molecule has 0 spiro atoms. The number of allylic oxidation sites excluding steroid dienone is 1. The fraction of sp³-hybridized carbons (Fsp3) is 0.500. The molecule has 2 heterocycles. The smallest absolute Gasteiger partial charge is 0.133 e. The molecule has 4 N–H and O–H groups in total. The van der Waals surface area contributed by atoms with Crippen LogP contribution in [-0.2, 0) is 19.4 Å². The normalized spacial score (nSPS) is 29.5. The number of rotatable bonds is 4. The van der Waals surface area contributed by atoms with Crippen LogP contribution in [0.1, 0.15) is 59.1 Å². The summed E-state index contributed by atoms with van der Waals surface area (Å²) in [6.07, 6.45) is 6.74. The van der Waals surface area contributed by atoms with E-state index < -0.39 is 6.10 Å². The molecule has 3 aliphatic rings. The SMILES string of the molecule is CC[C@@H]1[C@@H](Cc2cc(C)cc3c2CNCC3)C[C@@H](C2C=C(F)c3c2ccnc3N)[C@@H]1O. The number of nitrogens with two attached hydrogens (primary N) is 1. The monoisotopic (exact) mass is 421 g/mol. The number of fused-ring (bicyclic) bond motifs is 2. The molecule has 1 aromatic carbocycles. The Bertz CT molecular complexity index is 1030. The number of aromatic nitrogens is 1. The van der Waals surface area contributed by atoms with Crippen LogP contribution in [0.5, 0.6) is 0 Å². The number of nitrogen functional groups attached to an aromatic ring is 1. The molecule has 1 unspecified atom stereocenters. The number of benzene rings is 1. The largest absolute Gasteiger partial charge is 0.393 e. The minimum absolute atomic E-state index is 0.00232. The van der Waals surface area contributed by atoms with E-state index in [0.29, 0.717) is 11.5 Å². The molecular formula is C26H32FN3O. The zero-order chi connectivity index (χ0) is 21.7. The fourth-order valence-electron chi connectivity index (χ4n) is 6.47. The predicted molar refractivity (Wildman–Crippen MR) is 122 cm³/mol. The van der Waals surface area contributed by atoms with Gasteiger partial charge in [-0.1, -0.05) is 31.0 Å². The minimum Gasteiger partial charge on any atom is -0.393 e. The predicted octanol–water partition coefficient (Wildman–Crippen LogP) is 4.29. The third kappa shape index (κ3) is 3.48. The van der Waals surface area contributed by atoms with Crippen LogP contribution < -0.4 is 11.1 Å². The Morgan fingerprint density at radius 2 is 2.16 bits per heavy atom. The van der Waals surface area contributed by atoms with Crippen molar-refractivity contribution in [2.24, 2.45) is 17.8 Å². The van der Waals surface area contributed by atoms with Gasteiger partial charge in [0.05, 0.1) is 11.7 Å². The lowest BCUT2D eigenvalue weighted by Gasteiger charge is -2.26. The molecular weight excluding hydrogens is 389 g/mol. The average Bonchev–Trinajstić information content (AvgIpc) is 3.24. The van der Waals surface area contributed by atoms with Crippen molar-refractivity contribution < 1.29 is 9.50 Å². The van der Waals surface area contributed by atoms with E-state index in [2.05, 4.69) is 36.3 Å². The maximum Gasteiger partial charge on any atom is 0.133 e. The Hall–Kier alpha value is -2.24. The molecule has 0 amide bonds. The Morgan fingerprint density at radius 3 is 2.97 bits per heavy atom. The van der Waals surface area contributed by atoms with E-state index in [1.54, 1.807) is 12.3 Å². The number of halogens is 1. The van der Waals surface area contributed by atoms with Gasteiger partial charge in [-0.15, -0.1) is 0 Å². The standard InChI is InChI=1S/C26H32FN3O/c1-3-18-17(10-16-9-14(2)8-15-4-6-29-13-22(15)16)11-21(25(18)31)20-12-23(27)24-19(20)5-7-30-26(24)28/h5,7-9,12,17-18,20-21,25,29,31H,3-4,6,10-11,13H2,1-2H3,(H2,28,30)/t17-,18+,20?,21-,25+/m0/s1. The number of nitrogens with one attached hydrogen (secondary N) is 1. The van der Waals surface area contributed by atoms with Crippen molar-refractivity contribution in [2.45, 2.75) is 58.1 Å². The van der Waals surface area contributed by atoms with Gasteiger partial charge < -0.3 is 16.2 Å². The number of pyridine rings is 1. The Kier molecular flexibility index (Phi) is 5.35. The highest BCUT2D eigenvalue weighted by atomic mass is 19.1. The number of nitrogens with zero attached hydrogens (tertiary/aromatic N) is 1. The maximum absolute atomic E-state index is 14.7. The second kappa shape index (κ2) is 8.03. The third-order valence-electron chi connectivity index (χ3n) is 7.86. The van der Waals surface area contributed by atoms with Gasteiger partial charge >= 0.3 is 0 Å². The van der Waals surface area contributed by atoms with Crippen molar-refractivity contribution in [3.05, 3.63) is 63.9 Å². The molecule has 2 aromatic rings. The van der Waals surface area contributed by atoms with E-state index in [-0.39, 0.29) is 29.4 Å². The molecule has 0 bridgehead atoms. The quantitative estimate of drug-likeness (QED) is 0.689. The van der Waals surface area contributed by atoms with E-state index >= 15 is 0 Å². The summed E-state index contributed by atoms with van der Waals surface area (Å²) in [4.78, 5) is 4.06. The summed E-state index contributed by atoms with van der Waals surface area (Å²) >= 11 is 0. The molecule has 1 saturated carbocycles. The number of aryl methyl sites for hydroxylation is 1. The molecule has 1 aromatic heterocycles. The average molecular weight is 422 g/mol. The van der Waals surface area contributed by atoms with Gasteiger partial charge in [-0.05, 0) is 84.9 Å². The Morgan fingerprint density at radius 1 is 1.32 bits per heavy atom. The van der Waals surface area contributed by atoms with Crippen LogP contribution in [0.4, 0.5) is 10.2 Å². The van der Waals surface area contributed by atoms with Crippen molar-refractivity contribution in [1.82, 2.24) is 10.3 Å². The highest BCUT2D eigenvalue weighted by Crippen LogP contribution is 2.52. The molecule has 2 aliphatic carbocycles. The number of aliphatic hydroxyl groups is 1. The van der Waals surface area contributed by atoms with Crippen molar-refractivity contribution in [3.63, 3.8) is 0 Å². The number of hydrogen-bond acceptors (Lipinski definition) is 4. The number of aliphatic hydroxyl groups excluding tert-OH is 1. The summed E-state index contributed by atoms with van der Waals surface area (Å²) < 4.78 is 14.7. The minimum atomic E-state index is -0.442. The van der Waals surface area contributed by atoms with Crippen LogP contribution in [0.15, 0.2) is 30.5 Å². The van der Waals surface area contributed by atoms with Gasteiger partial charge in [-0.3, -0.25) is 0 Å². The number of anilines is 1. The molecule has 0 radical (unpaired) electrons. The molecule has 164 valence electrons. The van der Waals surface area contributed by atoms with E-state index in [4.69, 9.17) is 5.73 Å². The molecule has 31 heavy (non-hydrogen) atoms. The van der Waals surface area contributed by atoms with Crippen LogP contribution in [0.2, 0.25) is 0 Å². The van der Waals surface area contributed by atoms with Crippen LogP contribution in [-0.4, -0.2) is 22.7 Å². The van der Waals surface area contributed by atoms with Crippen LogP contribution >= 0.6 is 0 Å². The summed E-state index contributed by atoms with van der Waals surface area (Å²) in [5.41, 5.74) is 12.9. The van der Waals surface area contributed by atoms with Gasteiger partial charge in [0.15, 0.2) is 0 Å². The lowest BCUT2D eigenvalue weighted by atomic mass is 9.83. The Labute approximate surface area is 183 Å². The van der Waals surface area contributed by atoms with Gasteiger partial charge in [0.1, 0.15) is 11.6 Å². The second-order valence-corrected chi connectivity index (χ2v) is 9.62. The fourth-order valence-corrected chi connectivity index (χ4v) is 6.47. The topological polar surface area (TPSA) is 71.2 Å². The first kappa shape index (κ1) is 20.7. The van der Waals surface area contributed by atoms with Gasteiger partial charge in [-0.25, -0.2) is 9.37 Å². The first-order valence-electron chi connectivity index (χ1n) is 11.6. The van der Waals surface area contributed by atoms with Crippen LogP contribution in [0.25, 0.3) is 5.83 Å². The summed E-state index contributed by atoms with van der Waals surface area (Å²) in [5, 5.41) is 14.8. The van der Waals surface area contributed by atoms with E-state index in [1.165, 1.54) is 22.3 Å². The zero-order valence-corrected chi connectivity index (χ0v) is 18.4. The van der Waals surface area contributed by atoms with E-state index in [1.807, 2.05) is 6.07 Å². The van der Waals surface area contributed by atoms with Crippen molar-refractivity contribution in [3.8, 4) is 0 Å².